The molecule has 0 aromatic rings. The SMILES string of the molecule is C[C@@H](NC(=O)C[C@@H]1CCCN1)[C@H]1C(=O)N2C(C(=O)O)=C(S[C@@H]3CNC(C(=O)N4CC[C@H](N)C4)C3)[C@H](C)[C@H]12. The van der Waals surface area contributed by atoms with E-state index in [1.807, 2.05) is 18.7 Å². The molecule has 3 amide bonds. The van der Waals surface area contributed by atoms with Gasteiger partial charge in [0.2, 0.25) is 17.7 Å². The van der Waals surface area contributed by atoms with Gasteiger partial charge in [-0.2, -0.15) is 0 Å². The van der Waals surface area contributed by atoms with E-state index in [0.29, 0.717) is 37.4 Å². The molecule has 0 aromatic heterocycles. The van der Waals surface area contributed by atoms with Gasteiger partial charge in [-0.15, -0.1) is 11.8 Å². The van der Waals surface area contributed by atoms with Crippen LogP contribution in [0.3, 0.4) is 0 Å². The van der Waals surface area contributed by atoms with Gasteiger partial charge in [0, 0.05) is 60.3 Å². The first kappa shape index (κ1) is 26.5. The zero-order valence-corrected chi connectivity index (χ0v) is 22.3. The number of β-lactam (4-membered cyclic amide) rings is 1. The predicted octanol–water partition coefficient (Wildman–Crippen LogP) is -0.571. The molecule has 6 N–H and O–H groups in total. The Hall–Kier alpha value is -2.15. The van der Waals surface area contributed by atoms with Crippen LogP contribution in [0.25, 0.3) is 0 Å². The Balaban J connectivity index is 1.22. The Kier molecular flexibility index (Phi) is 7.54. The molecule has 5 rings (SSSR count). The maximum atomic E-state index is 13.2. The maximum Gasteiger partial charge on any atom is 0.353 e. The first-order valence-electron chi connectivity index (χ1n) is 13.4. The maximum absolute atomic E-state index is 13.2. The van der Waals surface area contributed by atoms with Crippen molar-refractivity contribution in [1.29, 1.82) is 0 Å². The number of likely N-dealkylation sites (tertiary alicyclic amines) is 1. The van der Waals surface area contributed by atoms with Crippen LogP contribution in [0, 0.1) is 11.8 Å². The van der Waals surface area contributed by atoms with Gasteiger partial charge in [-0.1, -0.05) is 6.92 Å². The monoisotopic (exact) mass is 534 g/mol. The van der Waals surface area contributed by atoms with E-state index >= 15 is 0 Å². The van der Waals surface area contributed by atoms with Crippen molar-refractivity contribution in [2.45, 2.75) is 81.4 Å². The topological polar surface area (TPSA) is 157 Å². The third-order valence-electron chi connectivity index (χ3n) is 8.53. The normalized spacial score (nSPS) is 36.1. The van der Waals surface area contributed by atoms with Crippen LogP contribution in [0.1, 0.15) is 46.0 Å². The van der Waals surface area contributed by atoms with Crippen molar-refractivity contribution in [3.8, 4) is 0 Å². The van der Waals surface area contributed by atoms with Crippen molar-refractivity contribution < 1.29 is 24.3 Å². The molecule has 0 radical (unpaired) electrons. The number of nitrogens with two attached hydrogens (primary N) is 1. The molecule has 4 fully saturated rings. The van der Waals surface area contributed by atoms with Gasteiger partial charge in [-0.25, -0.2) is 4.79 Å². The highest BCUT2D eigenvalue weighted by Gasteiger charge is 2.60. The number of aliphatic carboxylic acids is 1. The number of carboxylic acids is 1. The molecular formula is C25H38N6O5S. The highest BCUT2D eigenvalue weighted by molar-refractivity contribution is 8.03. The van der Waals surface area contributed by atoms with Crippen LogP contribution in [0.4, 0.5) is 0 Å². The zero-order valence-electron chi connectivity index (χ0n) is 21.4. The number of carboxylic acid groups (broad SMARTS) is 1. The van der Waals surface area contributed by atoms with Crippen LogP contribution >= 0.6 is 11.8 Å². The van der Waals surface area contributed by atoms with Crippen molar-refractivity contribution >= 4 is 35.5 Å². The Labute approximate surface area is 221 Å². The molecule has 12 heteroatoms. The van der Waals surface area contributed by atoms with Crippen LogP contribution < -0.4 is 21.7 Å². The lowest BCUT2D eigenvalue weighted by Crippen LogP contribution is -2.66. The Morgan fingerprint density at radius 3 is 2.70 bits per heavy atom. The minimum absolute atomic E-state index is 0.0275. The van der Waals surface area contributed by atoms with E-state index in [2.05, 4.69) is 16.0 Å². The average molecular weight is 535 g/mol. The lowest BCUT2D eigenvalue weighted by Gasteiger charge is -2.47. The molecule has 4 saturated heterocycles. The number of carbonyl (C=O) groups is 4. The number of amides is 3. The van der Waals surface area contributed by atoms with Gasteiger partial charge in [0.05, 0.1) is 18.0 Å². The quantitative estimate of drug-likeness (QED) is 0.257. The molecule has 11 nitrogen and oxygen atoms in total. The van der Waals surface area contributed by atoms with E-state index in [-0.39, 0.29) is 64.8 Å². The summed E-state index contributed by atoms with van der Waals surface area (Å²) in [5, 5.41) is 19.7. The Morgan fingerprint density at radius 1 is 1.27 bits per heavy atom. The van der Waals surface area contributed by atoms with E-state index < -0.39 is 11.9 Å². The molecule has 0 saturated carbocycles. The third kappa shape index (κ3) is 5.00. The Morgan fingerprint density at radius 2 is 2.05 bits per heavy atom. The molecule has 204 valence electrons. The van der Waals surface area contributed by atoms with Crippen molar-refractivity contribution in [3.63, 3.8) is 0 Å². The molecule has 0 bridgehead atoms. The summed E-state index contributed by atoms with van der Waals surface area (Å²) in [6, 6.07) is -0.776. The number of hydrogen-bond donors (Lipinski definition) is 5. The molecule has 0 spiro atoms. The number of carbonyl (C=O) groups excluding carboxylic acids is 3. The number of rotatable bonds is 8. The second-order valence-electron chi connectivity index (χ2n) is 11.2. The standard InChI is InChI=1S/C25H38N6O5S/c1-12-20-19(13(2)29-18(32)8-15-4-3-6-27-15)24(34)31(20)21(25(35)36)22(12)37-16-9-17(28-10-16)23(33)30-7-5-14(26)11-30/h12-17,19-20,27-28H,3-11,26H2,1-2H3,(H,29,32)(H,35,36)/t12-,13-,14+,15+,16+,17?,19-,20-/m1/s1. The van der Waals surface area contributed by atoms with Crippen molar-refractivity contribution in [2.75, 3.05) is 26.2 Å². The van der Waals surface area contributed by atoms with Crippen molar-refractivity contribution in [2.24, 2.45) is 17.6 Å². The molecule has 5 heterocycles. The molecule has 5 aliphatic heterocycles. The van der Waals surface area contributed by atoms with E-state index in [9.17, 15) is 24.3 Å². The second-order valence-corrected chi connectivity index (χ2v) is 12.5. The summed E-state index contributed by atoms with van der Waals surface area (Å²) in [5.41, 5.74) is 6.01. The molecule has 37 heavy (non-hydrogen) atoms. The molecular weight excluding hydrogens is 496 g/mol. The highest BCUT2D eigenvalue weighted by Crippen LogP contribution is 2.51. The minimum Gasteiger partial charge on any atom is -0.477 e. The summed E-state index contributed by atoms with van der Waals surface area (Å²) >= 11 is 1.47. The first-order chi connectivity index (χ1) is 17.7. The van der Waals surface area contributed by atoms with Gasteiger partial charge in [-0.3, -0.25) is 14.4 Å². The largest absolute Gasteiger partial charge is 0.477 e. The number of thioether (sulfide) groups is 1. The number of hydrogen-bond acceptors (Lipinski definition) is 8. The second kappa shape index (κ2) is 10.5. The first-order valence-corrected chi connectivity index (χ1v) is 14.3. The fourth-order valence-electron chi connectivity index (χ4n) is 6.62. The third-order valence-corrected chi connectivity index (χ3v) is 10.0. The number of nitrogens with zero attached hydrogens (tertiary/aromatic N) is 2. The number of fused-ring (bicyclic) bond motifs is 1. The van der Waals surface area contributed by atoms with Crippen LogP contribution in [-0.4, -0.2) is 100 Å². The van der Waals surface area contributed by atoms with Crippen molar-refractivity contribution in [1.82, 2.24) is 25.8 Å². The summed E-state index contributed by atoms with van der Waals surface area (Å²) in [6.07, 6.45) is 3.82. The van der Waals surface area contributed by atoms with Crippen LogP contribution in [-0.2, 0) is 19.2 Å². The molecule has 0 aromatic carbocycles. The van der Waals surface area contributed by atoms with Crippen LogP contribution in [0.5, 0.6) is 0 Å². The van der Waals surface area contributed by atoms with E-state index in [1.165, 1.54) is 16.7 Å². The zero-order chi connectivity index (χ0) is 26.4. The summed E-state index contributed by atoms with van der Waals surface area (Å²) < 4.78 is 0. The molecule has 8 atom stereocenters. The van der Waals surface area contributed by atoms with E-state index in [4.69, 9.17) is 5.73 Å². The predicted molar refractivity (Wildman–Crippen MR) is 138 cm³/mol. The smallest absolute Gasteiger partial charge is 0.353 e. The summed E-state index contributed by atoms with van der Waals surface area (Å²) in [6.45, 7) is 6.56. The summed E-state index contributed by atoms with van der Waals surface area (Å²) in [5.74, 6) is -2.02. The van der Waals surface area contributed by atoms with Crippen molar-refractivity contribution in [3.05, 3.63) is 10.6 Å². The fraction of sp³-hybridized carbons (Fsp3) is 0.760. The highest BCUT2D eigenvalue weighted by atomic mass is 32.2. The molecule has 5 aliphatic rings. The average Bonchev–Trinajstić information content (AvgIpc) is 3.63. The molecule has 1 unspecified atom stereocenters. The van der Waals surface area contributed by atoms with E-state index in [1.54, 1.807) is 0 Å². The minimum atomic E-state index is -1.11. The van der Waals surface area contributed by atoms with Gasteiger partial charge in [0.25, 0.3) is 0 Å². The van der Waals surface area contributed by atoms with Gasteiger partial charge in [-0.05, 0) is 39.2 Å². The van der Waals surface area contributed by atoms with Gasteiger partial charge in [0.15, 0.2) is 0 Å². The van der Waals surface area contributed by atoms with Gasteiger partial charge < -0.3 is 36.6 Å². The van der Waals surface area contributed by atoms with Gasteiger partial charge in [0.1, 0.15) is 5.70 Å². The Bertz CT molecular complexity index is 1000. The van der Waals surface area contributed by atoms with Gasteiger partial charge >= 0.3 is 5.97 Å². The summed E-state index contributed by atoms with van der Waals surface area (Å²) in [4.78, 5) is 54.8. The van der Waals surface area contributed by atoms with Crippen LogP contribution in [0.2, 0.25) is 0 Å². The fourth-order valence-corrected chi connectivity index (χ4v) is 8.10. The molecule has 0 aliphatic carbocycles. The lowest BCUT2D eigenvalue weighted by molar-refractivity contribution is -0.158. The number of nitrogens with one attached hydrogen (secondary N) is 3. The van der Waals surface area contributed by atoms with E-state index in [0.717, 1.165) is 25.8 Å². The van der Waals surface area contributed by atoms with Crippen LogP contribution in [0.15, 0.2) is 10.6 Å². The summed E-state index contributed by atoms with van der Waals surface area (Å²) in [7, 11) is 0. The lowest BCUT2D eigenvalue weighted by atomic mass is 9.78.